The maximum Gasteiger partial charge on any atom is 0.153 e. The minimum absolute atomic E-state index is 0.0161. The largest absolute Gasteiger partial charge is 0.394 e. The highest BCUT2D eigenvalue weighted by atomic mass is 16.3. The standard InChI is InChI=1S/C13H19N3O2/c1-13(2,9-18)15(3)12-10(8-17)16-7-5-4-6-11(16)14-12/h4-7,17-18H,8-9H2,1-3H3. The first-order valence-electron chi connectivity index (χ1n) is 5.93. The lowest BCUT2D eigenvalue weighted by Gasteiger charge is -2.34. The molecule has 18 heavy (non-hydrogen) atoms. The van der Waals surface area contributed by atoms with Gasteiger partial charge in [0, 0.05) is 13.2 Å². The smallest absolute Gasteiger partial charge is 0.153 e. The van der Waals surface area contributed by atoms with Crippen molar-refractivity contribution < 1.29 is 10.2 Å². The maximum absolute atomic E-state index is 9.54. The van der Waals surface area contributed by atoms with E-state index in [1.54, 1.807) is 0 Å². The fraction of sp³-hybridized carbons (Fsp3) is 0.462. The lowest BCUT2D eigenvalue weighted by Crippen LogP contribution is -2.45. The molecular formula is C13H19N3O2. The number of nitrogens with zero attached hydrogens (tertiary/aromatic N) is 3. The zero-order valence-electron chi connectivity index (χ0n) is 11.0. The number of aliphatic hydroxyl groups is 2. The van der Waals surface area contributed by atoms with Gasteiger partial charge in [-0.1, -0.05) is 6.07 Å². The molecular weight excluding hydrogens is 230 g/mol. The molecule has 0 aliphatic heterocycles. The van der Waals surface area contributed by atoms with Crippen molar-refractivity contribution in [3.05, 3.63) is 30.1 Å². The highest BCUT2D eigenvalue weighted by molar-refractivity contribution is 5.56. The molecule has 2 rings (SSSR count). The van der Waals surface area contributed by atoms with Crippen LogP contribution in [0.3, 0.4) is 0 Å². The predicted octanol–water partition coefficient (Wildman–Crippen LogP) is 1.03. The Morgan fingerprint density at radius 3 is 2.67 bits per heavy atom. The van der Waals surface area contributed by atoms with Crippen LogP contribution < -0.4 is 4.90 Å². The average Bonchev–Trinajstić information content (AvgIpc) is 2.75. The Morgan fingerprint density at radius 1 is 1.33 bits per heavy atom. The van der Waals surface area contributed by atoms with Crippen molar-refractivity contribution in [2.24, 2.45) is 0 Å². The van der Waals surface area contributed by atoms with Gasteiger partial charge in [0.2, 0.25) is 0 Å². The molecule has 5 nitrogen and oxygen atoms in total. The molecule has 0 radical (unpaired) electrons. The molecule has 5 heteroatoms. The van der Waals surface area contributed by atoms with E-state index >= 15 is 0 Å². The summed E-state index contributed by atoms with van der Waals surface area (Å²) in [5, 5.41) is 19.0. The molecule has 0 saturated heterocycles. The fourth-order valence-corrected chi connectivity index (χ4v) is 1.84. The molecule has 2 heterocycles. The van der Waals surface area contributed by atoms with E-state index in [4.69, 9.17) is 0 Å². The molecule has 0 fully saturated rings. The second kappa shape index (κ2) is 4.59. The summed E-state index contributed by atoms with van der Waals surface area (Å²) in [7, 11) is 1.87. The summed E-state index contributed by atoms with van der Waals surface area (Å²) in [4.78, 5) is 6.41. The van der Waals surface area contributed by atoms with Gasteiger partial charge >= 0.3 is 0 Å². The number of pyridine rings is 1. The maximum atomic E-state index is 9.54. The van der Waals surface area contributed by atoms with Crippen molar-refractivity contribution in [2.75, 3.05) is 18.6 Å². The van der Waals surface area contributed by atoms with Crippen molar-refractivity contribution in [1.29, 1.82) is 0 Å². The van der Waals surface area contributed by atoms with Crippen molar-refractivity contribution in [3.63, 3.8) is 0 Å². The second-order valence-electron chi connectivity index (χ2n) is 5.00. The number of aliphatic hydroxyl groups excluding tert-OH is 2. The quantitative estimate of drug-likeness (QED) is 0.849. The number of rotatable bonds is 4. The van der Waals surface area contributed by atoms with Crippen LogP contribution in [-0.4, -0.2) is 38.8 Å². The van der Waals surface area contributed by atoms with Crippen LogP contribution in [0.1, 0.15) is 19.5 Å². The molecule has 2 aromatic heterocycles. The topological polar surface area (TPSA) is 61.0 Å². The zero-order chi connectivity index (χ0) is 13.3. The molecule has 2 aromatic rings. The Bertz CT molecular complexity index is 548. The van der Waals surface area contributed by atoms with Crippen LogP contribution in [0.15, 0.2) is 24.4 Å². The van der Waals surface area contributed by atoms with E-state index in [0.29, 0.717) is 5.82 Å². The molecule has 0 spiro atoms. The van der Waals surface area contributed by atoms with Gasteiger partial charge in [0.15, 0.2) is 5.82 Å². The monoisotopic (exact) mass is 249 g/mol. The first-order chi connectivity index (χ1) is 8.51. The van der Waals surface area contributed by atoms with E-state index in [1.807, 2.05) is 54.6 Å². The second-order valence-corrected chi connectivity index (χ2v) is 5.00. The number of hydrogen-bond acceptors (Lipinski definition) is 4. The molecule has 0 aliphatic carbocycles. The van der Waals surface area contributed by atoms with E-state index in [9.17, 15) is 10.2 Å². The minimum Gasteiger partial charge on any atom is -0.394 e. The summed E-state index contributed by atoms with van der Waals surface area (Å²) in [5.74, 6) is 0.697. The van der Waals surface area contributed by atoms with E-state index in [0.717, 1.165) is 11.3 Å². The first-order valence-corrected chi connectivity index (χ1v) is 5.93. The van der Waals surface area contributed by atoms with Gasteiger partial charge in [0.25, 0.3) is 0 Å². The summed E-state index contributed by atoms with van der Waals surface area (Å²) in [6.07, 6.45) is 1.87. The lowest BCUT2D eigenvalue weighted by molar-refractivity contribution is 0.214. The van der Waals surface area contributed by atoms with Gasteiger partial charge in [-0.3, -0.25) is 4.40 Å². The Kier molecular flexibility index (Phi) is 3.28. The SMILES string of the molecule is CN(c1nc2ccccn2c1CO)C(C)(C)CO. The number of aromatic nitrogens is 2. The summed E-state index contributed by atoms with van der Waals surface area (Å²) < 4.78 is 1.86. The first kappa shape index (κ1) is 12.9. The van der Waals surface area contributed by atoms with Gasteiger partial charge in [0.1, 0.15) is 5.65 Å². The van der Waals surface area contributed by atoms with Crippen LogP contribution in [-0.2, 0) is 6.61 Å². The van der Waals surface area contributed by atoms with Crippen molar-refractivity contribution in [2.45, 2.75) is 26.0 Å². The van der Waals surface area contributed by atoms with E-state index < -0.39 is 5.54 Å². The highest BCUT2D eigenvalue weighted by Gasteiger charge is 2.27. The molecule has 98 valence electrons. The Hall–Kier alpha value is -1.59. The Balaban J connectivity index is 2.57. The normalized spacial score (nSPS) is 12.1. The number of fused-ring (bicyclic) bond motifs is 1. The van der Waals surface area contributed by atoms with E-state index in [1.165, 1.54) is 0 Å². The third-order valence-electron chi connectivity index (χ3n) is 3.37. The van der Waals surface area contributed by atoms with Gasteiger partial charge in [-0.05, 0) is 26.0 Å². The number of hydrogen-bond donors (Lipinski definition) is 2. The molecule has 0 unspecified atom stereocenters. The average molecular weight is 249 g/mol. The molecule has 0 bridgehead atoms. The summed E-state index contributed by atoms with van der Waals surface area (Å²) in [6.45, 7) is 3.78. The Morgan fingerprint density at radius 2 is 2.06 bits per heavy atom. The van der Waals surface area contributed by atoms with E-state index in [2.05, 4.69) is 4.98 Å². The van der Waals surface area contributed by atoms with Gasteiger partial charge in [-0.2, -0.15) is 0 Å². The van der Waals surface area contributed by atoms with Gasteiger partial charge in [0.05, 0.1) is 24.4 Å². The van der Waals surface area contributed by atoms with Crippen molar-refractivity contribution >= 4 is 11.5 Å². The van der Waals surface area contributed by atoms with Gasteiger partial charge in [-0.15, -0.1) is 0 Å². The number of imidazole rings is 1. The highest BCUT2D eigenvalue weighted by Crippen LogP contribution is 2.26. The van der Waals surface area contributed by atoms with Crippen molar-refractivity contribution in [1.82, 2.24) is 9.38 Å². The molecule has 0 aliphatic rings. The van der Waals surface area contributed by atoms with Crippen LogP contribution in [0.2, 0.25) is 0 Å². The van der Waals surface area contributed by atoms with Gasteiger partial charge < -0.3 is 15.1 Å². The minimum atomic E-state index is -0.429. The fourth-order valence-electron chi connectivity index (χ4n) is 1.84. The Labute approximate surface area is 106 Å². The molecule has 2 N–H and O–H groups in total. The summed E-state index contributed by atoms with van der Waals surface area (Å²) in [5.41, 5.74) is 1.09. The molecule has 0 saturated carbocycles. The van der Waals surface area contributed by atoms with Crippen molar-refractivity contribution in [3.8, 4) is 0 Å². The van der Waals surface area contributed by atoms with Crippen LogP contribution in [0.25, 0.3) is 5.65 Å². The molecule has 0 amide bonds. The van der Waals surface area contributed by atoms with Gasteiger partial charge in [-0.25, -0.2) is 4.98 Å². The van der Waals surface area contributed by atoms with Crippen LogP contribution in [0.4, 0.5) is 5.82 Å². The lowest BCUT2D eigenvalue weighted by atomic mass is 10.1. The third kappa shape index (κ3) is 1.95. The van der Waals surface area contributed by atoms with Crippen LogP contribution in [0, 0.1) is 0 Å². The van der Waals surface area contributed by atoms with Crippen LogP contribution in [0.5, 0.6) is 0 Å². The van der Waals surface area contributed by atoms with Crippen LogP contribution >= 0.6 is 0 Å². The molecule has 0 aromatic carbocycles. The molecule has 0 atom stereocenters. The number of likely N-dealkylation sites (N-methyl/N-ethyl adjacent to an activating group) is 1. The zero-order valence-corrected chi connectivity index (χ0v) is 11.0. The predicted molar refractivity (Wildman–Crippen MR) is 70.7 cm³/mol. The third-order valence-corrected chi connectivity index (χ3v) is 3.37. The summed E-state index contributed by atoms with van der Waals surface area (Å²) in [6, 6.07) is 5.70. The van der Waals surface area contributed by atoms with E-state index in [-0.39, 0.29) is 13.2 Å². The summed E-state index contributed by atoms with van der Waals surface area (Å²) >= 11 is 0. The number of anilines is 1.